The van der Waals surface area contributed by atoms with Crippen molar-refractivity contribution in [2.45, 2.75) is 82.5 Å². The van der Waals surface area contributed by atoms with Crippen LogP contribution in [0.5, 0.6) is 0 Å². The molecule has 7 atom stereocenters. The van der Waals surface area contributed by atoms with Gasteiger partial charge in [0.2, 0.25) is 5.91 Å². The molecule has 7 rings (SSSR count). The van der Waals surface area contributed by atoms with E-state index in [0.717, 1.165) is 50.6 Å². The summed E-state index contributed by atoms with van der Waals surface area (Å²) in [4.78, 5) is 29.1. The molecule has 4 saturated carbocycles. The zero-order valence-electron chi connectivity index (χ0n) is 19.0. The maximum absolute atomic E-state index is 14.0. The number of benzene rings is 1. The van der Waals surface area contributed by atoms with Gasteiger partial charge in [-0.05, 0) is 62.5 Å². The molecule has 2 bridgehead atoms. The molecule has 1 spiro atoms. The van der Waals surface area contributed by atoms with Gasteiger partial charge in [-0.25, -0.2) is 0 Å². The van der Waals surface area contributed by atoms with E-state index in [2.05, 4.69) is 22.5 Å². The highest BCUT2D eigenvalue weighted by Crippen LogP contribution is 2.59. The molecular weight excluding hydrogens is 402 g/mol. The van der Waals surface area contributed by atoms with Gasteiger partial charge in [0.15, 0.2) is 0 Å². The maximum atomic E-state index is 14.0. The third-order valence-corrected chi connectivity index (χ3v) is 9.59. The average Bonchev–Trinajstić information content (AvgIpc) is 2.79. The van der Waals surface area contributed by atoms with E-state index >= 15 is 0 Å². The molecule has 0 radical (unpaired) electrons. The fourth-order valence-electron chi connectivity index (χ4n) is 7.93. The van der Waals surface area contributed by atoms with E-state index in [9.17, 15) is 14.7 Å². The van der Waals surface area contributed by atoms with E-state index in [-0.39, 0.29) is 41.2 Å². The predicted molar refractivity (Wildman–Crippen MR) is 122 cm³/mol. The first-order valence-corrected chi connectivity index (χ1v) is 12.6. The third-order valence-electron chi connectivity index (χ3n) is 9.59. The molecule has 32 heavy (non-hydrogen) atoms. The van der Waals surface area contributed by atoms with Crippen LogP contribution in [0, 0.1) is 23.2 Å². The highest BCUT2D eigenvalue weighted by atomic mass is 16.3. The number of hydrogen-bond acceptors (Lipinski definition) is 4. The van der Waals surface area contributed by atoms with Gasteiger partial charge in [-0.15, -0.1) is 0 Å². The zero-order chi connectivity index (χ0) is 22.1. The van der Waals surface area contributed by atoms with E-state index in [1.165, 1.54) is 6.42 Å². The summed E-state index contributed by atoms with van der Waals surface area (Å²) in [6.07, 6.45) is 8.50. The minimum Gasteiger partial charge on any atom is -0.393 e. The third kappa shape index (κ3) is 2.94. The van der Waals surface area contributed by atoms with Crippen LogP contribution in [0.4, 0.5) is 5.69 Å². The molecule has 6 nitrogen and oxygen atoms in total. The van der Waals surface area contributed by atoms with Gasteiger partial charge in [-0.3, -0.25) is 9.59 Å². The lowest BCUT2D eigenvalue weighted by molar-refractivity contribution is -0.160. The van der Waals surface area contributed by atoms with Crippen LogP contribution in [0.3, 0.4) is 0 Å². The number of rotatable bonds is 1. The van der Waals surface area contributed by atoms with E-state index in [1.807, 2.05) is 24.3 Å². The fourth-order valence-corrected chi connectivity index (χ4v) is 7.93. The van der Waals surface area contributed by atoms with Crippen molar-refractivity contribution in [3.8, 4) is 0 Å². The maximum Gasteiger partial charge on any atom is 0.255 e. The van der Waals surface area contributed by atoms with Crippen molar-refractivity contribution < 1.29 is 14.7 Å². The molecule has 2 amide bonds. The minimum absolute atomic E-state index is 0.000525. The summed E-state index contributed by atoms with van der Waals surface area (Å²) in [5.74, 6) is 0.790. The fraction of sp³-hybridized carbons (Fsp3) is 0.692. The number of nitrogens with zero attached hydrogens (tertiary/aromatic N) is 1. The standard InChI is InChI=1S/C26H35N3O3/c1-25-12-10-16(26(15-25)27-20-8-4-2-6-17(20)23(31)28-26)14-19(25)24(32)29-13-11-22(30)18-7-3-5-9-21(18)29/h2,4,6,8,16,18-19,21-22,27,30H,3,5,7,9-15H2,1H3,(H,28,31)/t16-,18+,19+,21+,22-,25-,26-/m0/s1. The summed E-state index contributed by atoms with van der Waals surface area (Å²) in [7, 11) is 0. The number of hydrogen-bond donors (Lipinski definition) is 3. The molecule has 1 aromatic rings. The lowest BCUT2D eigenvalue weighted by Gasteiger charge is -2.61. The number of carbonyl (C=O) groups excluding carboxylic acids is 2. The summed E-state index contributed by atoms with van der Waals surface area (Å²) >= 11 is 0. The van der Waals surface area contributed by atoms with Crippen molar-refractivity contribution >= 4 is 17.5 Å². The van der Waals surface area contributed by atoms with Crippen LogP contribution in [0.15, 0.2) is 24.3 Å². The number of amides is 2. The van der Waals surface area contributed by atoms with Gasteiger partial charge in [0.25, 0.3) is 5.91 Å². The van der Waals surface area contributed by atoms with Crippen LogP contribution in [0.1, 0.15) is 75.1 Å². The molecule has 6 heteroatoms. The van der Waals surface area contributed by atoms with Crippen LogP contribution in [0.2, 0.25) is 0 Å². The van der Waals surface area contributed by atoms with Crippen LogP contribution in [-0.4, -0.2) is 46.2 Å². The number of likely N-dealkylation sites (tertiary alicyclic amines) is 1. The zero-order valence-corrected chi connectivity index (χ0v) is 19.0. The second-order valence-corrected chi connectivity index (χ2v) is 11.4. The number of carbonyl (C=O) groups is 2. The first-order chi connectivity index (χ1) is 15.4. The Kier molecular flexibility index (Phi) is 4.62. The normalized spacial score (nSPS) is 42.6. The number of aliphatic hydroxyl groups is 1. The lowest BCUT2D eigenvalue weighted by atomic mass is 9.51. The summed E-state index contributed by atoms with van der Waals surface area (Å²) in [5.41, 5.74) is 1.01. The summed E-state index contributed by atoms with van der Waals surface area (Å²) in [6.45, 7) is 2.95. The summed E-state index contributed by atoms with van der Waals surface area (Å²) in [6, 6.07) is 7.93. The lowest BCUT2D eigenvalue weighted by Crippen LogP contribution is -2.70. The predicted octanol–water partition coefficient (Wildman–Crippen LogP) is 3.52. The SMILES string of the molecule is C[C@@]12CC[C@@H](C[C@@H]1C(=O)N1CC[C@H](O)[C@@H]3CCCC[C@H]31)[C@]1(C2)NC(=O)c2ccccc2N1. The van der Waals surface area contributed by atoms with Crippen molar-refractivity contribution in [2.75, 3.05) is 11.9 Å². The van der Waals surface area contributed by atoms with Gasteiger partial charge >= 0.3 is 0 Å². The Morgan fingerprint density at radius 3 is 2.78 bits per heavy atom. The second kappa shape index (κ2) is 7.21. The Morgan fingerprint density at radius 2 is 1.94 bits per heavy atom. The van der Waals surface area contributed by atoms with Crippen LogP contribution < -0.4 is 10.6 Å². The minimum atomic E-state index is -0.458. The molecule has 3 N–H and O–H groups in total. The molecule has 1 saturated heterocycles. The molecular formula is C26H35N3O3. The first kappa shape index (κ1) is 20.5. The van der Waals surface area contributed by atoms with Crippen molar-refractivity contribution in [1.82, 2.24) is 10.2 Å². The molecule has 172 valence electrons. The second-order valence-electron chi connectivity index (χ2n) is 11.4. The molecule has 2 aliphatic heterocycles. The van der Waals surface area contributed by atoms with Gasteiger partial charge in [0.05, 0.1) is 11.7 Å². The van der Waals surface area contributed by atoms with E-state index in [4.69, 9.17) is 0 Å². The average molecular weight is 438 g/mol. The molecule has 5 fully saturated rings. The number of piperidine rings is 1. The van der Waals surface area contributed by atoms with Gasteiger partial charge < -0.3 is 20.6 Å². The van der Waals surface area contributed by atoms with Crippen LogP contribution in [-0.2, 0) is 4.79 Å². The Hall–Kier alpha value is -2.08. The number of para-hydroxylation sites is 1. The number of nitrogens with one attached hydrogen (secondary N) is 2. The topological polar surface area (TPSA) is 81.7 Å². The summed E-state index contributed by atoms with van der Waals surface area (Å²) in [5, 5.41) is 17.6. The van der Waals surface area contributed by atoms with Gasteiger partial charge in [-0.2, -0.15) is 0 Å². The van der Waals surface area contributed by atoms with E-state index in [1.54, 1.807) is 0 Å². The largest absolute Gasteiger partial charge is 0.393 e. The number of aliphatic hydroxyl groups excluding tert-OH is 1. The van der Waals surface area contributed by atoms with Gasteiger partial charge in [0, 0.05) is 36.0 Å². The van der Waals surface area contributed by atoms with Crippen molar-refractivity contribution in [2.24, 2.45) is 23.2 Å². The molecule has 0 aromatic heterocycles. The molecule has 4 aliphatic carbocycles. The Morgan fingerprint density at radius 1 is 1.12 bits per heavy atom. The van der Waals surface area contributed by atoms with E-state index < -0.39 is 5.66 Å². The molecule has 1 aromatic carbocycles. The monoisotopic (exact) mass is 437 g/mol. The Labute approximate surface area is 190 Å². The Balaban J connectivity index is 1.26. The molecule has 0 unspecified atom stereocenters. The number of anilines is 1. The van der Waals surface area contributed by atoms with Crippen molar-refractivity contribution in [3.63, 3.8) is 0 Å². The quantitative estimate of drug-likeness (QED) is 0.628. The van der Waals surface area contributed by atoms with Crippen LogP contribution in [0.25, 0.3) is 0 Å². The molecule has 6 aliphatic rings. The molecule has 2 heterocycles. The van der Waals surface area contributed by atoms with Crippen molar-refractivity contribution in [3.05, 3.63) is 29.8 Å². The summed E-state index contributed by atoms with van der Waals surface area (Å²) < 4.78 is 0. The van der Waals surface area contributed by atoms with Crippen LogP contribution >= 0.6 is 0 Å². The highest BCUT2D eigenvalue weighted by molar-refractivity contribution is 6.02. The number of fused-ring (bicyclic) bond motifs is 4. The first-order valence-electron chi connectivity index (χ1n) is 12.6. The van der Waals surface area contributed by atoms with Gasteiger partial charge in [-0.1, -0.05) is 31.9 Å². The van der Waals surface area contributed by atoms with Gasteiger partial charge in [0.1, 0.15) is 5.66 Å². The van der Waals surface area contributed by atoms with Crippen molar-refractivity contribution in [1.29, 1.82) is 0 Å². The smallest absolute Gasteiger partial charge is 0.255 e. The highest BCUT2D eigenvalue weighted by Gasteiger charge is 2.61. The van der Waals surface area contributed by atoms with E-state index in [0.29, 0.717) is 24.4 Å². The Bertz CT molecular complexity index is 950.